The zero-order valence-corrected chi connectivity index (χ0v) is 28.7. The van der Waals surface area contributed by atoms with E-state index in [0.29, 0.717) is 6.61 Å². The summed E-state index contributed by atoms with van der Waals surface area (Å²) in [5.74, 6) is 0. The molecule has 0 bridgehead atoms. The Bertz CT molecular complexity index is 543. The Kier molecular flexibility index (Phi) is 12.5. The molecule has 32 heavy (non-hydrogen) atoms. The SMILES string of the molecule is C[Si](C)(C)OC[C@H](O[Si](C)(C)C)[C@@H](O[Si](C)(C)C)[C@H](O[Si](C)(C)C)[C@@H](CO)O[Si](C)(C)C. The summed E-state index contributed by atoms with van der Waals surface area (Å²) < 4.78 is 33.1. The summed E-state index contributed by atoms with van der Waals surface area (Å²) in [4.78, 5) is 0. The number of hydrogen-bond acceptors (Lipinski definition) is 6. The number of aliphatic hydroxyl groups excluding tert-OH is 1. The van der Waals surface area contributed by atoms with Crippen molar-refractivity contribution in [1.82, 2.24) is 0 Å². The lowest BCUT2D eigenvalue weighted by molar-refractivity contribution is -0.0973. The van der Waals surface area contributed by atoms with E-state index < -0.39 is 53.8 Å². The minimum absolute atomic E-state index is 0.112. The Morgan fingerprint density at radius 1 is 0.469 bits per heavy atom. The maximum atomic E-state index is 10.4. The van der Waals surface area contributed by atoms with Gasteiger partial charge in [-0.1, -0.05) is 0 Å². The predicted octanol–water partition coefficient (Wildman–Crippen LogP) is 5.71. The molecule has 0 amide bonds. The van der Waals surface area contributed by atoms with Crippen LogP contribution in [0.25, 0.3) is 0 Å². The van der Waals surface area contributed by atoms with Crippen molar-refractivity contribution in [3.05, 3.63) is 0 Å². The van der Waals surface area contributed by atoms with Crippen molar-refractivity contribution in [3.63, 3.8) is 0 Å². The fraction of sp³-hybridized carbons (Fsp3) is 1.00. The van der Waals surface area contributed by atoms with Gasteiger partial charge < -0.3 is 27.2 Å². The Morgan fingerprint density at radius 3 is 1.06 bits per heavy atom. The number of rotatable bonds is 15. The first-order valence-corrected chi connectivity index (χ1v) is 28.9. The second kappa shape index (κ2) is 12.2. The third-order valence-corrected chi connectivity index (χ3v) is 8.92. The average Bonchev–Trinajstić information content (AvgIpc) is 2.48. The summed E-state index contributed by atoms with van der Waals surface area (Å²) in [7, 11) is -9.61. The van der Waals surface area contributed by atoms with Crippen LogP contribution < -0.4 is 0 Å². The fourth-order valence-electron chi connectivity index (χ4n) is 3.17. The van der Waals surface area contributed by atoms with Crippen LogP contribution in [-0.4, -0.2) is 84.3 Å². The molecule has 1 N–H and O–H groups in total. The summed E-state index contributed by atoms with van der Waals surface area (Å²) in [6, 6.07) is 0. The molecule has 0 aromatic carbocycles. The molecule has 0 saturated heterocycles. The lowest BCUT2D eigenvalue weighted by Crippen LogP contribution is -2.60. The normalized spacial score (nSPS) is 18.4. The van der Waals surface area contributed by atoms with Gasteiger partial charge in [0.2, 0.25) is 0 Å². The van der Waals surface area contributed by atoms with Crippen LogP contribution in [0.5, 0.6) is 0 Å². The van der Waals surface area contributed by atoms with E-state index >= 15 is 0 Å². The van der Waals surface area contributed by atoms with Gasteiger partial charge in [-0.3, -0.25) is 0 Å². The van der Waals surface area contributed by atoms with Gasteiger partial charge in [0.1, 0.15) is 0 Å². The minimum Gasteiger partial charge on any atom is -0.415 e. The largest absolute Gasteiger partial charge is 0.415 e. The molecular weight excluding hydrogens is 489 g/mol. The molecule has 0 rings (SSSR count). The molecule has 0 aromatic rings. The lowest BCUT2D eigenvalue weighted by atomic mass is 10.0. The van der Waals surface area contributed by atoms with E-state index in [0.717, 1.165) is 0 Å². The first kappa shape index (κ1) is 32.8. The van der Waals surface area contributed by atoms with E-state index in [2.05, 4.69) is 98.2 Å². The standard InChI is InChI=1S/C21H54O6Si5/c1-28(2,3)23-17-19(25-30(7,8)9)21(27-32(13,14)15)20(26-31(10,11)12)18(16-22)24-29(4,5)6/h18-22H,16-17H2,1-15H3/t18-,19+,20-,21-/m1/s1. The van der Waals surface area contributed by atoms with Gasteiger partial charge in [0.15, 0.2) is 41.6 Å². The van der Waals surface area contributed by atoms with Crippen LogP contribution in [0, 0.1) is 0 Å². The first-order valence-electron chi connectivity index (χ1n) is 11.9. The van der Waals surface area contributed by atoms with Crippen LogP contribution in [0.2, 0.25) is 98.2 Å². The Balaban J connectivity index is 6.48. The second-order valence-corrected chi connectivity index (χ2v) is 35.9. The van der Waals surface area contributed by atoms with Gasteiger partial charge >= 0.3 is 0 Å². The van der Waals surface area contributed by atoms with Crippen LogP contribution >= 0.6 is 0 Å². The van der Waals surface area contributed by atoms with Crippen molar-refractivity contribution < 1.29 is 27.2 Å². The molecule has 194 valence electrons. The maximum absolute atomic E-state index is 10.4. The molecule has 0 aliphatic carbocycles. The molecule has 0 unspecified atom stereocenters. The van der Waals surface area contributed by atoms with E-state index in [-0.39, 0.29) is 18.8 Å². The number of aliphatic hydroxyl groups is 1. The van der Waals surface area contributed by atoms with Crippen LogP contribution in [0.15, 0.2) is 0 Å². The molecular formula is C21H54O6Si5. The van der Waals surface area contributed by atoms with Crippen molar-refractivity contribution in [3.8, 4) is 0 Å². The summed E-state index contributed by atoms with van der Waals surface area (Å²) in [5, 5.41) is 10.4. The van der Waals surface area contributed by atoms with E-state index in [1.165, 1.54) is 0 Å². The molecule has 0 spiro atoms. The molecule has 4 atom stereocenters. The Labute approximate surface area is 204 Å². The smallest absolute Gasteiger partial charge is 0.184 e. The average molecular weight is 543 g/mol. The van der Waals surface area contributed by atoms with Crippen LogP contribution in [-0.2, 0) is 22.1 Å². The summed E-state index contributed by atoms with van der Waals surface area (Å²) >= 11 is 0. The molecule has 6 nitrogen and oxygen atoms in total. The molecule has 0 fully saturated rings. The van der Waals surface area contributed by atoms with E-state index in [1.54, 1.807) is 0 Å². The van der Waals surface area contributed by atoms with Crippen molar-refractivity contribution in [2.45, 2.75) is 123 Å². The maximum Gasteiger partial charge on any atom is 0.184 e. The molecule has 0 aliphatic rings. The third kappa shape index (κ3) is 16.5. The van der Waals surface area contributed by atoms with Crippen molar-refractivity contribution in [1.29, 1.82) is 0 Å². The van der Waals surface area contributed by atoms with E-state index in [9.17, 15) is 5.11 Å². The summed E-state index contributed by atoms with van der Waals surface area (Å²) in [6.45, 7) is 33.0. The van der Waals surface area contributed by atoms with Crippen molar-refractivity contribution in [2.24, 2.45) is 0 Å². The van der Waals surface area contributed by atoms with Crippen LogP contribution in [0.3, 0.4) is 0 Å². The van der Waals surface area contributed by atoms with Crippen molar-refractivity contribution in [2.75, 3.05) is 13.2 Å². The van der Waals surface area contributed by atoms with E-state index in [4.69, 9.17) is 22.1 Å². The lowest BCUT2D eigenvalue weighted by Gasteiger charge is -2.45. The molecule has 0 aliphatic heterocycles. The summed E-state index contributed by atoms with van der Waals surface area (Å²) in [6.07, 6.45) is -1.53. The van der Waals surface area contributed by atoms with Gasteiger partial charge in [0.25, 0.3) is 0 Å². The zero-order chi connectivity index (χ0) is 25.8. The predicted molar refractivity (Wildman–Crippen MR) is 149 cm³/mol. The first-order chi connectivity index (χ1) is 13.9. The third-order valence-electron chi connectivity index (χ3n) is 3.91. The molecule has 0 radical (unpaired) electrons. The van der Waals surface area contributed by atoms with Gasteiger partial charge in [0.05, 0.1) is 37.6 Å². The Hall–Kier alpha value is 0.844. The van der Waals surface area contributed by atoms with Gasteiger partial charge in [0, 0.05) is 0 Å². The summed E-state index contributed by atoms with van der Waals surface area (Å²) in [5.41, 5.74) is 0. The van der Waals surface area contributed by atoms with Crippen molar-refractivity contribution >= 4 is 41.6 Å². The number of hydrogen-bond donors (Lipinski definition) is 1. The van der Waals surface area contributed by atoms with Gasteiger partial charge in [-0.15, -0.1) is 0 Å². The van der Waals surface area contributed by atoms with Gasteiger partial charge in [-0.05, 0) is 98.2 Å². The van der Waals surface area contributed by atoms with Gasteiger partial charge in [-0.25, -0.2) is 0 Å². The second-order valence-electron chi connectivity index (χ2n) is 13.5. The highest BCUT2D eigenvalue weighted by Crippen LogP contribution is 2.28. The van der Waals surface area contributed by atoms with Crippen LogP contribution in [0.4, 0.5) is 0 Å². The molecule has 11 heteroatoms. The molecule has 0 heterocycles. The topological polar surface area (TPSA) is 66.4 Å². The highest BCUT2D eigenvalue weighted by molar-refractivity contribution is 6.71. The highest BCUT2D eigenvalue weighted by Gasteiger charge is 2.44. The quantitative estimate of drug-likeness (QED) is 0.267. The molecule has 0 aromatic heterocycles. The monoisotopic (exact) mass is 542 g/mol. The fourth-order valence-corrected chi connectivity index (χ4v) is 8.27. The van der Waals surface area contributed by atoms with Crippen LogP contribution in [0.1, 0.15) is 0 Å². The molecule has 0 saturated carbocycles. The zero-order valence-electron chi connectivity index (χ0n) is 23.7. The van der Waals surface area contributed by atoms with Gasteiger partial charge in [-0.2, -0.15) is 0 Å². The highest BCUT2D eigenvalue weighted by atomic mass is 28.4. The minimum atomic E-state index is -1.99. The Morgan fingerprint density at radius 2 is 0.781 bits per heavy atom. The van der Waals surface area contributed by atoms with E-state index in [1.807, 2.05) is 0 Å².